The predicted molar refractivity (Wildman–Crippen MR) is 89.8 cm³/mol. The van der Waals surface area contributed by atoms with Crippen LogP contribution in [-0.4, -0.2) is 47.1 Å². The van der Waals surface area contributed by atoms with E-state index in [2.05, 4.69) is 27.2 Å². The summed E-state index contributed by atoms with van der Waals surface area (Å²) >= 11 is 0. The lowest BCUT2D eigenvalue weighted by atomic mass is 10.2. The molecular formula is C18H22N4O2. The molecular weight excluding hydrogens is 304 g/mol. The maximum absolute atomic E-state index is 12.4. The number of para-hydroxylation sites is 1. The normalized spacial score (nSPS) is 18.0. The Hall–Kier alpha value is -2.37. The van der Waals surface area contributed by atoms with Gasteiger partial charge in [-0.3, -0.25) is 4.79 Å². The van der Waals surface area contributed by atoms with Crippen LogP contribution in [0.5, 0.6) is 0 Å². The standard InChI is InChI=1S/C18H22N4O2/c23-17(9-8-16-19-18(20-24-16)14-6-7-14)22-12-10-21(11-13-22)15-4-2-1-3-5-15/h1-5,14H,6-13H2. The second-order valence-corrected chi connectivity index (χ2v) is 6.52. The van der Waals surface area contributed by atoms with E-state index in [-0.39, 0.29) is 5.91 Å². The molecule has 2 aliphatic rings. The minimum Gasteiger partial charge on any atom is -0.368 e. The number of rotatable bonds is 5. The van der Waals surface area contributed by atoms with Crippen LogP contribution >= 0.6 is 0 Å². The summed E-state index contributed by atoms with van der Waals surface area (Å²) in [5.41, 5.74) is 1.23. The molecule has 1 amide bonds. The Bertz CT molecular complexity index is 688. The van der Waals surface area contributed by atoms with Gasteiger partial charge >= 0.3 is 0 Å². The van der Waals surface area contributed by atoms with Crippen molar-refractivity contribution in [1.82, 2.24) is 15.0 Å². The Morgan fingerprint density at radius 3 is 2.58 bits per heavy atom. The molecule has 24 heavy (non-hydrogen) atoms. The highest BCUT2D eigenvalue weighted by molar-refractivity contribution is 5.76. The third-order valence-electron chi connectivity index (χ3n) is 4.73. The van der Waals surface area contributed by atoms with Gasteiger partial charge in [0.1, 0.15) is 0 Å². The molecule has 1 aromatic carbocycles. The molecule has 1 saturated carbocycles. The molecule has 0 atom stereocenters. The Morgan fingerprint density at radius 2 is 1.88 bits per heavy atom. The molecule has 6 heteroatoms. The minimum atomic E-state index is 0.175. The van der Waals surface area contributed by atoms with Crippen LogP contribution in [0.15, 0.2) is 34.9 Å². The summed E-state index contributed by atoms with van der Waals surface area (Å²) in [6.45, 7) is 3.29. The third-order valence-corrected chi connectivity index (χ3v) is 4.73. The second-order valence-electron chi connectivity index (χ2n) is 6.52. The summed E-state index contributed by atoms with van der Waals surface area (Å²) in [7, 11) is 0. The highest BCUT2D eigenvalue weighted by Gasteiger charge is 2.29. The quantitative estimate of drug-likeness (QED) is 0.843. The molecule has 0 unspecified atom stereocenters. The Morgan fingerprint density at radius 1 is 1.12 bits per heavy atom. The van der Waals surface area contributed by atoms with Crippen LogP contribution in [0.25, 0.3) is 0 Å². The fourth-order valence-electron chi connectivity index (χ4n) is 3.10. The van der Waals surface area contributed by atoms with Crippen molar-refractivity contribution in [3.8, 4) is 0 Å². The zero-order chi connectivity index (χ0) is 16.4. The van der Waals surface area contributed by atoms with Crippen molar-refractivity contribution in [2.45, 2.75) is 31.6 Å². The summed E-state index contributed by atoms with van der Waals surface area (Å²) in [6, 6.07) is 10.4. The van der Waals surface area contributed by atoms with E-state index >= 15 is 0 Å². The molecule has 0 radical (unpaired) electrons. The van der Waals surface area contributed by atoms with E-state index in [1.165, 1.54) is 5.69 Å². The fraction of sp³-hybridized carbons (Fsp3) is 0.500. The Labute approximate surface area is 141 Å². The van der Waals surface area contributed by atoms with Gasteiger partial charge in [0.15, 0.2) is 5.82 Å². The number of hydrogen-bond acceptors (Lipinski definition) is 5. The van der Waals surface area contributed by atoms with Crippen LogP contribution in [-0.2, 0) is 11.2 Å². The Balaban J connectivity index is 1.25. The first-order valence-corrected chi connectivity index (χ1v) is 8.70. The lowest BCUT2D eigenvalue weighted by Gasteiger charge is -2.36. The van der Waals surface area contributed by atoms with Gasteiger partial charge in [-0.05, 0) is 25.0 Å². The zero-order valence-corrected chi connectivity index (χ0v) is 13.7. The molecule has 0 bridgehead atoms. The van der Waals surface area contributed by atoms with Gasteiger partial charge in [-0.25, -0.2) is 0 Å². The molecule has 4 rings (SSSR count). The molecule has 126 valence electrons. The average molecular weight is 326 g/mol. The van der Waals surface area contributed by atoms with Gasteiger partial charge in [0.05, 0.1) is 0 Å². The Kier molecular flexibility index (Phi) is 4.19. The summed E-state index contributed by atoms with van der Waals surface area (Å²) in [4.78, 5) is 21.0. The van der Waals surface area contributed by atoms with Gasteiger partial charge < -0.3 is 14.3 Å². The van der Waals surface area contributed by atoms with Gasteiger partial charge in [0.25, 0.3) is 0 Å². The number of aryl methyl sites for hydroxylation is 1. The number of hydrogen-bond donors (Lipinski definition) is 0. The molecule has 0 N–H and O–H groups in total. The molecule has 2 aromatic rings. The van der Waals surface area contributed by atoms with Crippen LogP contribution in [0.1, 0.15) is 36.9 Å². The second kappa shape index (κ2) is 6.63. The lowest BCUT2D eigenvalue weighted by molar-refractivity contribution is -0.131. The first kappa shape index (κ1) is 15.2. The van der Waals surface area contributed by atoms with Crippen LogP contribution in [0.2, 0.25) is 0 Å². The molecule has 6 nitrogen and oxygen atoms in total. The van der Waals surface area contributed by atoms with E-state index in [0.29, 0.717) is 24.7 Å². The summed E-state index contributed by atoms with van der Waals surface area (Å²) in [5.74, 6) is 2.07. The van der Waals surface area contributed by atoms with E-state index in [0.717, 1.165) is 44.8 Å². The number of nitrogens with zero attached hydrogens (tertiary/aromatic N) is 4. The fourth-order valence-corrected chi connectivity index (χ4v) is 3.10. The van der Waals surface area contributed by atoms with Crippen molar-refractivity contribution in [2.24, 2.45) is 0 Å². The van der Waals surface area contributed by atoms with E-state index in [4.69, 9.17) is 4.52 Å². The number of carbonyl (C=O) groups excluding carboxylic acids is 1. The topological polar surface area (TPSA) is 62.5 Å². The highest BCUT2D eigenvalue weighted by Crippen LogP contribution is 2.38. The summed E-state index contributed by atoms with van der Waals surface area (Å²) in [5, 5.41) is 3.99. The molecule has 1 aromatic heterocycles. The molecule has 1 saturated heterocycles. The minimum absolute atomic E-state index is 0.175. The maximum Gasteiger partial charge on any atom is 0.227 e. The molecule has 1 aliphatic carbocycles. The molecule has 2 fully saturated rings. The predicted octanol–water partition coefficient (Wildman–Crippen LogP) is 2.23. The van der Waals surface area contributed by atoms with Crippen molar-refractivity contribution < 1.29 is 9.32 Å². The SMILES string of the molecule is O=C(CCc1nc(C2CC2)no1)N1CCN(c2ccccc2)CC1. The van der Waals surface area contributed by atoms with E-state index in [1.54, 1.807) is 0 Å². The van der Waals surface area contributed by atoms with Gasteiger partial charge in [-0.15, -0.1) is 0 Å². The largest absolute Gasteiger partial charge is 0.368 e. The van der Waals surface area contributed by atoms with E-state index in [9.17, 15) is 4.79 Å². The van der Waals surface area contributed by atoms with Crippen molar-refractivity contribution in [3.63, 3.8) is 0 Å². The van der Waals surface area contributed by atoms with Crippen molar-refractivity contribution >= 4 is 11.6 Å². The highest BCUT2D eigenvalue weighted by atomic mass is 16.5. The number of aromatic nitrogens is 2. The number of benzene rings is 1. The monoisotopic (exact) mass is 326 g/mol. The van der Waals surface area contributed by atoms with E-state index in [1.807, 2.05) is 23.1 Å². The van der Waals surface area contributed by atoms with Gasteiger partial charge in [-0.2, -0.15) is 4.98 Å². The summed E-state index contributed by atoms with van der Waals surface area (Å²) in [6.07, 6.45) is 3.29. The number of piperazine rings is 1. The summed E-state index contributed by atoms with van der Waals surface area (Å²) < 4.78 is 5.24. The molecule has 0 spiro atoms. The van der Waals surface area contributed by atoms with Crippen molar-refractivity contribution in [1.29, 1.82) is 0 Å². The van der Waals surface area contributed by atoms with Crippen LogP contribution in [0.3, 0.4) is 0 Å². The number of amides is 1. The van der Waals surface area contributed by atoms with Crippen LogP contribution < -0.4 is 4.90 Å². The maximum atomic E-state index is 12.4. The lowest BCUT2D eigenvalue weighted by Crippen LogP contribution is -2.48. The average Bonchev–Trinajstić information content (AvgIpc) is 3.39. The van der Waals surface area contributed by atoms with Gasteiger partial charge in [0.2, 0.25) is 11.8 Å². The number of anilines is 1. The van der Waals surface area contributed by atoms with Gasteiger partial charge in [-0.1, -0.05) is 23.4 Å². The molecule has 2 heterocycles. The van der Waals surface area contributed by atoms with Crippen LogP contribution in [0, 0.1) is 0 Å². The van der Waals surface area contributed by atoms with Crippen molar-refractivity contribution in [2.75, 3.05) is 31.1 Å². The van der Waals surface area contributed by atoms with E-state index < -0.39 is 0 Å². The first-order chi connectivity index (χ1) is 11.8. The third kappa shape index (κ3) is 3.42. The molecule has 1 aliphatic heterocycles. The van der Waals surface area contributed by atoms with Gasteiger partial charge in [0, 0.05) is 50.6 Å². The smallest absolute Gasteiger partial charge is 0.227 e. The first-order valence-electron chi connectivity index (χ1n) is 8.70. The van der Waals surface area contributed by atoms with Crippen molar-refractivity contribution in [3.05, 3.63) is 42.0 Å². The van der Waals surface area contributed by atoms with Crippen LogP contribution in [0.4, 0.5) is 5.69 Å². The zero-order valence-electron chi connectivity index (χ0n) is 13.7. The number of carbonyl (C=O) groups is 1.